The van der Waals surface area contributed by atoms with Crippen LogP contribution in [0.2, 0.25) is 0 Å². The van der Waals surface area contributed by atoms with Crippen LogP contribution in [0.4, 0.5) is 0 Å². The van der Waals surface area contributed by atoms with Crippen LogP contribution in [0, 0.1) is 5.92 Å². The second-order valence-electron chi connectivity index (χ2n) is 7.46. The van der Waals surface area contributed by atoms with Crippen LogP contribution in [0.1, 0.15) is 65.7 Å². The molecule has 2 rings (SSSR count). The molecular formula is C17H33N3O. The van der Waals surface area contributed by atoms with Crippen LogP contribution >= 0.6 is 0 Å². The Bertz CT molecular complexity index is 346. The van der Waals surface area contributed by atoms with Crippen molar-refractivity contribution in [2.24, 2.45) is 11.7 Å². The molecule has 3 N–H and O–H groups in total. The van der Waals surface area contributed by atoms with Gasteiger partial charge >= 0.3 is 0 Å². The largest absolute Gasteiger partial charge is 0.355 e. The van der Waals surface area contributed by atoms with Gasteiger partial charge in [0.2, 0.25) is 5.91 Å². The molecule has 122 valence electrons. The highest BCUT2D eigenvalue weighted by atomic mass is 16.1. The van der Waals surface area contributed by atoms with Gasteiger partial charge in [0.25, 0.3) is 0 Å². The number of nitrogens with one attached hydrogen (secondary N) is 1. The number of piperidine rings is 1. The average Bonchev–Trinajstić information content (AvgIpc) is 2.41. The first-order valence-corrected chi connectivity index (χ1v) is 8.74. The quantitative estimate of drug-likeness (QED) is 0.836. The van der Waals surface area contributed by atoms with Crippen LogP contribution in [0.15, 0.2) is 0 Å². The number of likely N-dealkylation sites (tertiary alicyclic amines) is 1. The van der Waals surface area contributed by atoms with E-state index in [2.05, 4.69) is 24.1 Å². The zero-order chi connectivity index (χ0) is 15.5. The number of carbonyl (C=O) groups is 1. The minimum absolute atomic E-state index is 0.0116. The number of amides is 1. The summed E-state index contributed by atoms with van der Waals surface area (Å²) in [4.78, 5) is 14.9. The average molecular weight is 295 g/mol. The third-order valence-electron chi connectivity index (χ3n) is 5.62. The van der Waals surface area contributed by atoms with E-state index in [0.717, 1.165) is 38.8 Å². The molecule has 4 heteroatoms. The van der Waals surface area contributed by atoms with E-state index < -0.39 is 0 Å². The molecule has 4 atom stereocenters. The molecule has 0 aromatic rings. The summed E-state index contributed by atoms with van der Waals surface area (Å²) < 4.78 is 0. The topological polar surface area (TPSA) is 58.4 Å². The molecule has 1 aliphatic heterocycles. The lowest BCUT2D eigenvalue weighted by atomic mass is 9.74. The number of carbonyl (C=O) groups excluding carboxylic acids is 1. The second-order valence-corrected chi connectivity index (χ2v) is 7.46. The minimum Gasteiger partial charge on any atom is -0.355 e. The highest BCUT2D eigenvalue weighted by Crippen LogP contribution is 2.31. The Balaban J connectivity index is 1.78. The maximum Gasteiger partial charge on any atom is 0.225 e. The summed E-state index contributed by atoms with van der Waals surface area (Å²) in [6, 6.07) is 1.28. The summed E-state index contributed by atoms with van der Waals surface area (Å²) in [5.41, 5.74) is 5.98. The summed E-state index contributed by atoms with van der Waals surface area (Å²) in [6.07, 6.45) is 8.08. The van der Waals surface area contributed by atoms with Crippen molar-refractivity contribution in [1.82, 2.24) is 10.2 Å². The Morgan fingerprint density at radius 3 is 2.48 bits per heavy atom. The SMILES string of the molecule is CC1CCCC(C)N1CCNC(=O)C1CCCCC1(C)N. The van der Waals surface area contributed by atoms with Crippen LogP contribution in [0.3, 0.4) is 0 Å². The zero-order valence-corrected chi connectivity index (χ0v) is 14.0. The number of rotatable bonds is 4. The van der Waals surface area contributed by atoms with Crippen molar-refractivity contribution in [1.29, 1.82) is 0 Å². The van der Waals surface area contributed by atoms with E-state index in [4.69, 9.17) is 5.73 Å². The van der Waals surface area contributed by atoms with Gasteiger partial charge in [-0.05, 0) is 46.5 Å². The van der Waals surface area contributed by atoms with Crippen LogP contribution in [-0.2, 0) is 4.79 Å². The molecule has 0 spiro atoms. The highest BCUT2D eigenvalue weighted by Gasteiger charge is 2.37. The molecule has 0 aromatic carbocycles. The smallest absolute Gasteiger partial charge is 0.225 e. The summed E-state index contributed by atoms with van der Waals surface area (Å²) in [5.74, 6) is 0.152. The second kappa shape index (κ2) is 7.10. The van der Waals surface area contributed by atoms with Crippen molar-refractivity contribution in [3.8, 4) is 0 Å². The van der Waals surface area contributed by atoms with E-state index in [-0.39, 0.29) is 17.4 Å². The molecule has 2 fully saturated rings. The number of hydrogen-bond acceptors (Lipinski definition) is 3. The molecule has 4 nitrogen and oxygen atoms in total. The van der Waals surface area contributed by atoms with Crippen LogP contribution < -0.4 is 11.1 Å². The first-order chi connectivity index (χ1) is 9.92. The maximum absolute atomic E-state index is 12.4. The number of nitrogens with zero attached hydrogens (tertiary/aromatic N) is 1. The fourth-order valence-electron chi connectivity index (χ4n) is 4.14. The van der Waals surface area contributed by atoms with E-state index in [9.17, 15) is 4.79 Å². The van der Waals surface area contributed by atoms with E-state index in [1.165, 1.54) is 19.3 Å². The fourth-order valence-corrected chi connectivity index (χ4v) is 4.14. The zero-order valence-electron chi connectivity index (χ0n) is 14.0. The van der Waals surface area contributed by atoms with E-state index in [1.54, 1.807) is 0 Å². The monoisotopic (exact) mass is 295 g/mol. The molecule has 0 radical (unpaired) electrons. The number of nitrogens with two attached hydrogens (primary N) is 1. The summed E-state index contributed by atoms with van der Waals surface area (Å²) in [6.45, 7) is 8.35. The molecule has 1 amide bonds. The maximum atomic E-state index is 12.4. The molecule has 1 saturated carbocycles. The van der Waals surface area contributed by atoms with Crippen LogP contribution in [-0.4, -0.2) is 41.5 Å². The van der Waals surface area contributed by atoms with Crippen molar-refractivity contribution in [2.75, 3.05) is 13.1 Å². The van der Waals surface area contributed by atoms with Gasteiger partial charge in [-0.1, -0.05) is 19.3 Å². The standard InChI is InChI=1S/C17H33N3O/c1-13-7-6-8-14(2)20(13)12-11-19-16(21)15-9-4-5-10-17(15,3)18/h13-15H,4-12,18H2,1-3H3,(H,19,21). The van der Waals surface area contributed by atoms with Gasteiger partial charge in [-0.2, -0.15) is 0 Å². The first kappa shape index (κ1) is 16.8. The summed E-state index contributed by atoms with van der Waals surface area (Å²) in [5, 5.41) is 3.14. The Kier molecular flexibility index (Phi) is 5.67. The third kappa shape index (κ3) is 4.19. The lowest BCUT2D eigenvalue weighted by Gasteiger charge is -2.40. The molecular weight excluding hydrogens is 262 g/mol. The van der Waals surface area contributed by atoms with Crippen LogP contribution in [0.25, 0.3) is 0 Å². The van der Waals surface area contributed by atoms with Gasteiger partial charge in [-0.25, -0.2) is 0 Å². The molecule has 0 aromatic heterocycles. The van der Waals surface area contributed by atoms with Crippen LogP contribution in [0.5, 0.6) is 0 Å². The molecule has 4 unspecified atom stereocenters. The van der Waals surface area contributed by atoms with Gasteiger partial charge in [0.1, 0.15) is 0 Å². The number of hydrogen-bond donors (Lipinski definition) is 2. The minimum atomic E-state index is -0.325. The summed E-state index contributed by atoms with van der Waals surface area (Å²) in [7, 11) is 0. The van der Waals surface area contributed by atoms with Gasteiger partial charge < -0.3 is 11.1 Å². The van der Waals surface area contributed by atoms with E-state index >= 15 is 0 Å². The van der Waals surface area contributed by atoms with Gasteiger partial charge in [-0.15, -0.1) is 0 Å². The molecule has 1 heterocycles. The van der Waals surface area contributed by atoms with Crippen molar-refractivity contribution < 1.29 is 4.79 Å². The highest BCUT2D eigenvalue weighted by molar-refractivity contribution is 5.80. The van der Waals surface area contributed by atoms with Gasteiger partial charge in [0.15, 0.2) is 0 Å². The molecule has 2 aliphatic rings. The lowest BCUT2D eigenvalue weighted by Crippen LogP contribution is -2.54. The van der Waals surface area contributed by atoms with Gasteiger partial charge in [0, 0.05) is 30.7 Å². The van der Waals surface area contributed by atoms with Gasteiger partial charge in [0.05, 0.1) is 5.92 Å². The third-order valence-corrected chi connectivity index (χ3v) is 5.62. The lowest BCUT2D eigenvalue weighted by molar-refractivity contribution is -0.128. The van der Waals surface area contributed by atoms with E-state index in [1.807, 2.05) is 6.92 Å². The Morgan fingerprint density at radius 2 is 1.86 bits per heavy atom. The predicted octanol–water partition coefficient (Wildman–Crippen LogP) is 2.27. The Morgan fingerprint density at radius 1 is 1.19 bits per heavy atom. The Hall–Kier alpha value is -0.610. The fraction of sp³-hybridized carbons (Fsp3) is 0.941. The van der Waals surface area contributed by atoms with E-state index in [0.29, 0.717) is 12.1 Å². The molecule has 1 aliphatic carbocycles. The Labute approximate surface area is 129 Å². The van der Waals surface area contributed by atoms with Crippen molar-refractivity contribution in [3.05, 3.63) is 0 Å². The predicted molar refractivity (Wildman–Crippen MR) is 87.0 cm³/mol. The molecule has 21 heavy (non-hydrogen) atoms. The first-order valence-electron chi connectivity index (χ1n) is 8.74. The summed E-state index contributed by atoms with van der Waals surface area (Å²) >= 11 is 0. The normalized spacial score (nSPS) is 38.2. The molecule has 1 saturated heterocycles. The van der Waals surface area contributed by atoms with Crippen molar-refractivity contribution in [3.63, 3.8) is 0 Å². The van der Waals surface area contributed by atoms with Gasteiger partial charge in [-0.3, -0.25) is 9.69 Å². The van der Waals surface area contributed by atoms with Crippen molar-refractivity contribution in [2.45, 2.75) is 83.3 Å². The van der Waals surface area contributed by atoms with Crippen molar-refractivity contribution >= 4 is 5.91 Å². The molecule has 0 bridgehead atoms.